The summed E-state index contributed by atoms with van der Waals surface area (Å²) in [4.78, 5) is 16.1. The van der Waals surface area contributed by atoms with Gasteiger partial charge in [-0.15, -0.1) is 0 Å². The summed E-state index contributed by atoms with van der Waals surface area (Å²) in [5, 5.41) is 0. The minimum atomic E-state index is -4.55. The molecule has 4 nitrogen and oxygen atoms in total. The van der Waals surface area contributed by atoms with Crippen molar-refractivity contribution >= 4 is 7.60 Å². The first-order valence-corrected chi connectivity index (χ1v) is 4.19. The summed E-state index contributed by atoms with van der Waals surface area (Å²) in [5.41, 5.74) is 0. The van der Waals surface area contributed by atoms with E-state index in [9.17, 15) is 17.7 Å². The fraction of sp³-hybridized carbons (Fsp3) is 1.00. The molecule has 0 spiro atoms. The molecule has 0 amide bonds. The van der Waals surface area contributed by atoms with Crippen molar-refractivity contribution < 1.29 is 32.3 Å². The van der Waals surface area contributed by atoms with Crippen molar-refractivity contribution in [3.8, 4) is 0 Å². The van der Waals surface area contributed by atoms with E-state index in [2.05, 4.69) is 4.74 Å². The summed E-state index contributed by atoms with van der Waals surface area (Å²) in [6, 6.07) is 0. The zero-order valence-corrected chi connectivity index (χ0v) is 6.10. The van der Waals surface area contributed by atoms with Gasteiger partial charge in [-0.05, 0) is 0 Å². The molecule has 2 N–H and O–H groups in total. The Morgan fingerprint density at radius 3 is 2.09 bits per heavy atom. The van der Waals surface area contributed by atoms with E-state index in [0.717, 1.165) is 0 Å². The Kier molecular flexibility index (Phi) is 3.50. The predicted octanol–water partition coefficient (Wildman–Crippen LogP) is 0.701. The highest BCUT2D eigenvalue weighted by Gasteiger charge is 2.28. The molecular formula is C3H6F3O4P. The largest absolute Gasteiger partial charge is 0.411 e. The summed E-state index contributed by atoms with van der Waals surface area (Å²) in [6.45, 7) is -1.64. The van der Waals surface area contributed by atoms with Gasteiger partial charge in [0.15, 0.2) is 0 Å². The van der Waals surface area contributed by atoms with Gasteiger partial charge in [-0.1, -0.05) is 0 Å². The standard InChI is InChI=1S/C3H6F3O4P/c4-3(5,6)1-10-2-11(7,8)9/h1-2H2,(H2,7,8,9). The van der Waals surface area contributed by atoms with Gasteiger partial charge in [0.05, 0.1) is 0 Å². The molecule has 8 heteroatoms. The van der Waals surface area contributed by atoms with Crippen molar-refractivity contribution in [2.75, 3.05) is 13.0 Å². The van der Waals surface area contributed by atoms with Gasteiger partial charge in [-0.2, -0.15) is 13.2 Å². The lowest BCUT2D eigenvalue weighted by atomic mass is 10.7. The summed E-state index contributed by atoms with van der Waals surface area (Å²) in [6.07, 6.45) is -5.75. The molecule has 0 radical (unpaired) electrons. The van der Waals surface area contributed by atoms with Crippen LogP contribution < -0.4 is 0 Å². The Labute approximate surface area is 60.1 Å². The van der Waals surface area contributed by atoms with Crippen molar-refractivity contribution in [1.29, 1.82) is 0 Å². The lowest BCUT2D eigenvalue weighted by Crippen LogP contribution is -2.17. The van der Waals surface area contributed by atoms with E-state index in [0.29, 0.717) is 0 Å². The molecule has 0 aliphatic heterocycles. The lowest BCUT2D eigenvalue weighted by Gasteiger charge is -2.07. The summed E-state index contributed by atoms with van der Waals surface area (Å²) in [7, 11) is -4.47. The molecule has 0 aromatic carbocycles. The molecule has 0 saturated heterocycles. The van der Waals surface area contributed by atoms with E-state index in [1.807, 2.05) is 0 Å². The number of rotatable bonds is 3. The molecule has 0 atom stereocenters. The van der Waals surface area contributed by atoms with E-state index >= 15 is 0 Å². The second-order valence-corrected chi connectivity index (χ2v) is 3.34. The zero-order valence-electron chi connectivity index (χ0n) is 5.21. The maximum atomic E-state index is 11.3. The number of halogens is 3. The topological polar surface area (TPSA) is 66.8 Å². The predicted molar refractivity (Wildman–Crippen MR) is 28.9 cm³/mol. The summed E-state index contributed by atoms with van der Waals surface area (Å²) >= 11 is 0. The third-order valence-corrected chi connectivity index (χ3v) is 1.04. The lowest BCUT2D eigenvalue weighted by molar-refractivity contribution is -0.170. The van der Waals surface area contributed by atoms with Gasteiger partial charge < -0.3 is 14.5 Å². The van der Waals surface area contributed by atoms with Crippen LogP contribution in [-0.2, 0) is 9.30 Å². The first kappa shape index (κ1) is 10.9. The molecule has 0 heterocycles. The third-order valence-electron chi connectivity index (χ3n) is 0.525. The molecular weight excluding hydrogens is 188 g/mol. The maximum absolute atomic E-state index is 11.3. The Balaban J connectivity index is 3.52. The van der Waals surface area contributed by atoms with Crippen molar-refractivity contribution in [1.82, 2.24) is 0 Å². The van der Waals surface area contributed by atoms with Crippen LogP contribution in [0, 0.1) is 0 Å². The van der Waals surface area contributed by atoms with E-state index in [1.165, 1.54) is 0 Å². The van der Waals surface area contributed by atoms with Crippen molar-refractivity contribution in [3.05, 3.63) is 0 Å². The highest BCUT2D eigenvalue weighted by Crippen LogP contribution is 2.34. The molecule has 0 rings (SSSR count). The SMILES string of the molecule is O=P(O)(O)COCC(F)(F)F. The van der Waals surface area contributed by atoms with E-state index in [1.54, 1.807) is 0 Å². The Morgan fingerprint density at radius 1 is 1.36 bits per heavy atom. The van der Waals surface area contributed by atoms with E-state index in [4.69, 9.17) is 9.79 Å². The Morgan fingerprint density at radius 2 is 1.82 bits per heavy atom. The minimum absolute atomic E-state index is 1.20. The highest BCUT2D eigenvalue weighted by atomic mass is 31.2. The van der Waals surface area contributed by atoms with Crippen LogP contribution in [0.25, 0.3) is 0 Å². The summed E-state index contributed by atoms with van der Waals surface area (Å²) < 4.78 is 47.4. The molecule has 0 aromatic heterocycles. The van der Waals surface area contributed by atoms with Gasteiger partial charge >= 0.3 is 13.8 Å². The molecule has 0 saturated carbocycles. The number of ether oxygens (including phenoxy) is 1. The van der Waals surface area contributed by atoms with E-state index in [-0.39, 0.29) is 0 Å². The monoisotopic (exact) mass is 194 g/mol. The highest BCUT2D eigenvalue weighted by molar-refractivity contribution is 7.51. The van der Waals surface area contributed by atoms with Crippen LogP contribution in [0.15, 0.2) is 0 Å². The average Bonchev–Trinajstić information content (AvgIpc) is 1.55. The molecule has 0 aliphatic carbocycles. The molecule has 68 valence electrons. The van der Waals surface area contributed by atoms with Crippen LogP contribution in [0.5, 0.6) is 0 Å². The van der Waals surface area contributed by atoms with Crippen LogP contribution in [0.3, 0.4) is 0 Å². The molecule has 11 heavy (non-hydrogen) atoms. The third kappa shape index (κ3) is 9.90. The number of alkyl halides is 3. The van der Waals surface area contributed by atoms with Crippen molar-refractivity contribution in [2.24, 2.45) is 0 Å². The van der Waals surface area contributed by atoms with Crippen LogP contribution in [-0.4, -0.2) is 28.9 Å². The fourth-order valence-electron chi connectivity index (χ4n) is 0.280. The van der Waals surface area contributed by atoms with Crippen LogP contribution in [0.2, 0.25) is 0 Å². The van der Waals surface area contributed by atoms with Crippen molar-refractivity contribution in [3.63, 3.8) is 0 Å². The molecule has 0 bridgehead atoms. The van der Waals surface area contributed by atoms with Gasteiger partial charge in [0, 0.05) is 0 Å². The molecule has 0 aromatic rings. The Hall–Kier alpha value is -0.100. The van der Waals surface area contributed by atoms with Crippen LogP contribution in [0.4, 0.5) is 13.2 Å². The quantitative estimate of drug-likeness (QED) is 0.649. The normalized spacial score (nSPS) is 13.5. The maximum Gasteiger partial charge on any atom is 0.411 e. The van der Waals surface area contributed by atoms with E-state index < -0.39 is 26.7 Å². The van der Waals surface area contributed by atoms with Gasteiger partial charge in [0.25, 0.3) is 0 Å². The smallest absolute Gasteiger partial charge is 0.359 e. The fourth-order valence-corrected chi connectivity index (χ4v) is 0.609. The molecule has 0 aliphatic rings. The first-order chi connectivity index (χ1) is 4.71. The molecule has 0 fully saturated rings. The first-order valence-electron chi connectivity index (χ1n) is 2.40. The second kappa shape index (κ2) is 3.53. The van der Waals surface area contributed by atoms with Gasteiger partial charge in [-0.3, -0.25) is 4.57 Å². The number of hydrogen-bond acceptors (Lipinski definition) is 2. The molecule has 0 unspecified atom stereocenters. The second-order valence-electron chi connectivity index (χ2n) is 1.76. The zero-order chi connectivity index (χ0) is 9.12. The van der Waals surface area contributed by atoms with Crippen molar-refractivity contribution in [2.45, 2.75) is 6.18 Å². The number of hydrogen-bond donors (Lipinski definition) is 2. The van der Waals surface area contributed by atoms with Crippen LogP contribution >= 0.6 is 7.60 Å². The average molecular weight is 194 g/mol. The Bertz CT molecular complexity index is 160. The van der Waals surface area contributed by atoms with Gasteiger partial charge in [0.2, 0.25) is 0 Å². The van der Waals surface area contributed by atoms with Gasteiger partial charge in [0.1, 0.15) is 13.0 Å². The summed E-state index contributed by atoms with van der Waals surface area (Å²) in [5.74, 6) is 0. The van der Waals surface area contributed by atoms with Crippen LogP contribution in [0.1, 0.15) is 0 Å². The van der Waals surface area contributed by atoms with Gasteiger partial charge in [-0.25, -0.2) is 0 Å². The minimum Gasteiger partial charge on any atom is -0.359 e.